The molecule has 0 saturated carbocycles. The molecule has 0 unspecified atom stereocenters. The lowest BCUT2D eigenvalue weighted by molar-refractivity contribution is 0.102. The Hall–Kier alpha value is -3.34. The number of methoxy groups -OCH3 is 1. The van der Waals surface area contributed by atoms with Crippen molar-refractivity contribution in [2.45, 2.75) is 19.8 Å². The monoisotopic (exact) mass is 361 g/mol. The van der Waals surface area contributed by atoms with Crippen LogP contribution in [-0.4, -0.2) is 18.0 Å². The lowest BCUT2D eigenvalue weighted by Crippen LogP contribution is -2.12. The van der Waals surface area contributed by atoms with Gasteiger partial charge in [-0.1, -0.05) is 32.0 Å². The third-order valence-corrected chi connectivity index (χ3v) is 4.19. The van der Waals surface area contributed by atoms with Crippen LogP contribution in [0.5, 0.6) is 5.75 Å². The number of hydrogen-bond acceptors (Lipinski definition) is 4. The SMILES string of the molecule is COc1cccc(Nc2cncc(C(=O)Nc3ccc(C(C)C)cc3)c2)c1. The van der Waals surface area contributed by atoms with E-state index in [4.69, 9.17) is 4.74 Å². The van der Waals surface area contributed by atoms with Crippen LogP contribution in [0.4, 0.5) is 17.1 Å². The lowest BCUT2D eigenvalue weighted by Gasteiger charge is -2.10. The average Bonchev–Trinajstić information content (AvgIpc) is 2.68. The Kier molecular flexibility index (Phi) is 5.71. The zero-order valence-electron chi connectivity index (χ0n) is 15.7. The van der Waals surface area contributed by atoms with Crippen LogP contribution >= 0.6 is 0 Å². The molecule has 2 aromatic carbocycles. The summed E-state index contributed by atoms with van der Waals surface area (Å²) in [4.78, 5) is 16.7. The van der Waals surface area contributed by atoms with E-state index in [0.717, 1.165) is 22.8 Å². The van der Waals surface area contributed by atoms with Gasteiger partial charge in [0, 0.05) is 23.6 Å². The Bertz CT molecular complexity index is 921. The molecule has 0 fully saturated rings. The van der Waals surface area contributed by atoms with Crippen LogP contribution in [0.3, 0.4) is 0 Å². The summed E-state index contributed by atoms with van der Waals surface area (Å²) in [6, 6.07) is 17.2. The van der Waals surface area contributed by atoms with Crippen molar-refractivity contribution in [2.75, 3.05) is 17.7 Å². The molecule has 0 bridgehead atoms. The van der Waals surface area contributed by atoms with E-state index in [2.05, 4.69) is 29.5 Å². The quantitative estimate of drug-likeness (QED) is 0.633. The Morgan fingerprint density at radius 1 is 0.963 bits per heavy atom. The molecule has 5 nitrogen and oxygen atoms in total. The van der Waals surface area contributed by atoms with Crippen LogP contribution < -0.4 is 15.4 Å². The van der Waals surface area contributed by atoms with Gasteiger partial charge in [0.25, 0.3) is 5.91 Å². The number of hydrogen-bond donors (Lipinski definition) is 2. The van der Waals surface area contributed by atoms with E-state index >= 15 is 0 Å². The van der Waals surface area contributed by atoms with E-state index in [1.54, 1.807) is 25.6 Å². The molecule has 1 aromatic heterocycles. The first-order valence-corrected chi connectivity index (χ1v) is 8.82. The molecular formula is C22H23N3O2. The van der Waals surface area contributed by atoms with Gasteiger partial charge in [-0.2, -0.15) is 0 Å². The van der Waals surface area contributed by atoms with Gasteiger partial charge in [0.05, 0.1) is 24.6 Å². The molecule has 0 atom stereocenters. The average molecular weight is 361 g/mol. The van der Waals surface area contributed by atoms with Crippen LogP contribution in [0, 0.1) is 0 Å². The fraction of sp³-hybridized carbons (Fsp3) is 0.182. The van der Waals surface area contributed by atoms with Crippen molar-refractivity contribution in [3.8, 4) is 5.75 Å². The fourth-order valence-electron chi connectivity index (χ4n) is 2.65. The van der Waals surface area contributed by atoms with E-state index < -0.39 is 0 Å². The molecule has 3 rings (SSSR count). The zero-order chi connectivity index (χ0) is 19.2. The standard InChI is InChI=1S/C22H23N3O2/c1-15(2)16-7-9-18(10-8-16)25-22(26)17-11-20(14-23-13-17)24-19-5-4-6-21(12-19)27-3/h4-15,24H,1-3H3,(H,25,26). The second-order valence-corrected chi connectivity index (χ2v) is 6.55. The first-order valence-electron chi connectivity index (χ1n) is 8.82. The van der Waals surface area contributed by atoms with Crippen molar-refractivity contribution in [1.82, 2.24) is 4.98 Å². The predicted octanol–water partition coefficient (Wildman–Crippen LogP) is 5.21. The molecule has 0 aliphatic carbocycles. The summed E-state index contributed by atoms with van der Waals surface area (Å²) in [5, 5.41) is 6.14. The molecule has 138 valence electrons. The van der Waals surface area contributed by atoms with E-state index in [9.17, 15) is 4.79 Å². The van der Waals surface area contributed by atoms with Gasteiger partial charge >= 0.3 is 0 Å². The molecule has 3 aromatic rings. The van der Waals surface area contributed by atoms with Crippen molar-refractivity contribution in [3.05, 3.63) is 78.1 Å². The minimum Gasteiger partial charge on any atom is -0.497 e. The summed E-state index contributed by atoms with van der Waals surface area (Å²) in [5.74, 6) is 1.01. The molecule has 0 aliphatic heterocycles. The van der Waals surface area contributed by atoms with Crippen molar-refractivity contribution >= 4 is 23.0 Å². The Morgan fingerprint density at radius 3 is 2.44 bits per heavy atom. The van der Waals surface area contributed by atoms with Crippen molar-refractivity contribution in [3.63, 3.8) is 0 Å². The van der Waals surface area contributed by atoms with E-state index in [1.807, 2.05) is 48.5 Å². The number of carbonyl (C=O) groups excluding carboxylic acids is 1. The highest BCUT2D eigenvalue weighted by molar-refractivity contribution is 6.04. The summed E-state index contributed by atoms with van der Waals surface area (Å²) in [6.45, 7) is 4.28. The summed E-state index contributed by atoms with van der Waals surface area (Å²) in [6.07, 6.45) is 3.22. The number of nitrogens with zero attached hydrogens (tertiary/aromatic N) is 1. The number of anilines is 3. The highest BCUT2D eigenvalue weighted by Crippen LogP contribution is 2.22. The number of nitrogens with one attached hydrogen (secondary N) is 2. The molecule has 5 heteroatoms. The van der Waals surface area contributed by atoms with Crippen LogP contribution in [0.15, 0.2) is 67.0 Å². The maximum Gasteiger partial charge on any atom is 0.257 e. The zero-order valence-corrected chi connectivity index (χ0v) is 15.7. The Balaban J connectivity index is 1.71. The largest absolute Gasteiger partial charge is 0.497 e. The molecule has 0 radical (unpaired) electrons. The second kappa shape index (κ2) is 8.36. The number of pyridine rings is 1. The van der Waals surface area contributed by atoms with E-state index in [-0.39, 0.29) is 5.91 Å². The van der Waals surface area contributed by atoms with Gasteiger partial charge < -0.3 is 15.4 Å². The predicted molar refractivity (Wildman–Crippen MR) is 109 cm³/mol. The van der Waals surface area contributed by atoms with E-state index in [0.29, 0.717) is 11.5 Å². The third kappa shape index (κ3) is 4.85. The topological polar surface area (TPSA) is 63.2 Å². The Labute approximate surface area is 159 Å². The van der Waals surface area contributed by atoms with Crippen LogP contribution in [0.1, 0.15) is 35.7 Å². The third-order valence-electron chi connectivity index (χ3n) is 4.19. The molecule has 0 spiro atoms. The Morgan fingerprint density at radius 2 is 1.74 bits per heavy atom. The van der Waals surface area contributed by atoms with Gasteiger partial charge in [0.15, 0.2) is 0 Å². The summed E-state index contributed by atoms with van der Waals surface area (Å²) in [7, 11) is 1.62. The maximum absolute atomic E-state index is 12.5. The van der Waals surface area contributed by atoms with Gasteiger partial charge in [-0.15, -0.1) is 0 Å². The van der Waals surface area contributed by atoms with Crippen molar-refractivity contribution in [1.29, 1.82) is 0 Å². The minimum atomic E-state index is -0.200. The van der Waals surface area contributed by atoms with Crippen molar-refractivity contribution in [2.24, 2.45) is 0 Å². The van der Waals surface area contributed by atoms with Crippen molar-refractivity contribution < 1.29 is 9.53 Å². The molecule has 0 aliphatic rings. The molecule has 2 N–H and O–H groups in total. The number of carbonyl (C=O) groups is 1. The van der Waals surface area contributed by atoms with Gasteiger partial charge in [-0.3, -0.25) is 9.78 Å². The fourth-order valence-corrected chi connectivity index (χ4v) is 2.65. The number of benzene rings is 2. The van der Waals surface area contributed by atoms with Gasteiger partial charge in [-0.25, -0.2) is 0 Å². The summed E-state index contributed by atoms with van der Waals surface area (Å²) >= 11 is 0. The summed E-state index contributed by atoms with van der Waals surface area (Å²) < 4.78 is 5.22. The van der Waals surface area contributed by atoms with Crippen LogP contribution in [0.2, 0.25) is 0 Å². The minimum absolute atomic E-state index is 0.200. The van der Waals surface area contributed by atoms with Crippen LogP contribution in [-0.2, 0) is 0 Å². The highest BCUT2D eigenvalue weighted by atomic mass is 16.5. The van der Waals surface area contributed by atoms with E-state index in [1.165, 1.54) is 5.56 Å². The molecule has 27 heavy (non-hydrogen) atoms. The van der Waals surface area contributed by atoms with Gasteiger partial charge in [0.1, 0.15) is 5.75 Å². The highest BCUT2D eigenvalue weighted by Gasteiger charge is 2.09. The molecule has 1 amide bonds. The number of aromatic nitrogens is 1. The molecular weight excluding hydrogens is 338 g/mol. The van der Waals surface area contributed by atoms with Gasteiger partial charge in [-0.05, 0) is 41.8 Å². The van der Waals surface area contributed by atoms with Crippen LogP contribution in [0.25, 0.3) is 0 Å². The maximum atomic E-state index is 12.5. The molecule has 0 saturated heterocycles. The number of amides is 1. The first-order chi connectivity index (χ1) is 13.0. The molecule has 1 heterocycles. The smallest absolute Gasteiger partial charge is 0.257 e. The summed E-state index contributed by atoms with van der Waals surface area (Å²) in [5.41, 5.74) is 4.06. The lowest BCUT2D eigenvalue weighted by atomic mass is 10.0. The second-order valence-electron chi connectivity index (χ2n) is 6.55. The number of ether oxygens (including phenoxy) is 1. The first kappa shape index (κ1) is 18.5. The number of rotatable bonds is 6. The van der Waals surface area contributed by atoms with Gasteiger partial charge in [0.2, 0.25) is 0 Å². The normalized spacial score (nSPS) is 10.5.